The molecule has 0 spiro atoms. The van der Waals surface area contributed by atoms with Crippen molar-refractivity contribution in [3.05, 3.63) is 33.2 Å². The molecule has 0 radical (unpaired) electrons. The van der Waals surface area contributed by atoms with Crippen molar-refractivity contribution in [2.24, 2.45) is 5.92 Å². The molecule has 1 aliphatic heterocycles. The summed E-state index contributed by atoms with van der Waals surface area (Å²) in [6.07, 6.45) is 1.52. The number of ether oxygens (including phenoxy) is 1. The SMILES string of the molecule is Cc1[nH]c(=O)c(C#N)cc1C(=O)N[C@H]1[C@H]2CCO[C@H]2[C@@H]1NS(C)(=O)=O. The summed E-state index contributed by atoms with van der Waals surface area (Å²) >= 11 is 0. The number of carbonyl (C=O) groups excluding carboxylic acids is 1. The second-order valence-electron chi connectivity index (χ2n) is 6.37. The summed E-state index contributed by atoms with van der Waals surface area (Å²) in [4.78, 5) is 26.6. The lowest BCUT2D eigenvalue weighted by molar-refractivity contribution is -0.0194. The third-order valence-corrected chi connectivity index (χ3v) is 5.34. The van der Waals surface area contributed by atoms with Gasteiger partial charge in [-0.25, -0.2) is 13.1 Å². The highest BCUT2D eigenvalue weighted by molar-refractivity contribution is 7.88. The molecule has 2 aliphatic rings. The van der Waals surface area contributed by atoms with E-state index >= 15 is 0 Å². The highest BCUT2D eigenvalue weighted by atomic mass is 32.2. The highest BCUT2D eigenvalue weighted by Gasteiger charge is 2.55. The van der Waals surface area contributed by atoms with Crippen molar-refractivity contribution >= 4 is 15.9 Å². The lowest BCUT2D eigenvalue weighted by Gasteiger charge is -2.47. The van der Waals surface area contributed by atoms with Gasteiger partial charge in [-0.2, -0.15) is 5.26 Å². The molecule has 1 aromatic heterocycles. The molecule has 134 valence electrons. The Morgan fingerprint density at radius 2 is 2.16 bits per heavy atom. The third-order valence-electron chi connectivity index (χ3n) is 4.64. The molecule has 0 aromatic carbocycles. The van der Waals surface area contributed by atoms with Crippen molar-refractivity contribution in [1.82, 2.24) is 15.0 Å². The van der Waals surface area contributed by atoms with Gasteiger partial charge < -0.3 is 15.0 Å². The van der Waals surface area contributed by atoms with Crippen molar-refractivity contribution < 1.29 is 17.9 Å². The van der Waals surface area contributed by atoms with Crippen LogP contribution in [-0.4, -0.2) is 50.4 Å². The zero-order valence-corrected chi connectivity index (χ0v) is 14.5. The summed E-state index contributed by atoms with van der Waals surface area (Å²) in [5, 5.41) is 11.8. The van der Waals surface area contributed by atoms with Gasteiger partial charge in [0.25, 0.3) is 11.5 Å². The minimum absolute atomic E-state index is 0.0294. The number of hydrogen-bond acceptors (Lipinski definition) is 6. The summed E-state index contributed by atoms with van der Waals surface area (Å²) in [6.45, 7) is 2.08. The Hall–Kier alpha value is -2.22. The molecule has 9 nitrogen and oxygen atoms in total. The van der Waals surface area contributed by atoms with Gasteiger partial charge in [0, 0.05) is 18.2 Å². The summed E-state index contributed by atoms with van der Waals surface area (Å²) < 4.78 is 31.1. The molecule has 1 aliphatic carbocycles. The molecule has 0 bridgehead atoms. The number of H-pyrrole nitrogens is 1. The fourth-order valence-corrected chi connectivity index (χ4v) is 4.24. The topological polar surface area (TPSA) is 141 Å². The fourth-order valence-electron chi connectivity index (χ4n) is 3.46. The molecular formula is C15H18N4O5S. The van der Waals surface area contributed by atoms with Crippen LogP contribution in [0.1, 0.15) is 28.0 Å². The number of carbonyl (C=O) groups is 1. The van der Waals surface area contributed by atoms with E-state index in [-0.39, 0.29) is 23.1 Å². The summed E-state index contributed by atoms with van der Waals surface area (Å²) in [6, 6.07) is 2.03. The number of sulfonamides is 1. The average molecular weight is 366 g/mol. The first-order valence-corrected chi connectivity index (χ1v) is 9.64. The van der Waals surface area contributed by atoms with Crippen LogP contribution in [0.25, 0.3) is 0 Å². The Kier molecular flexibility index (Phi) is 4.40. The Morgan fingerprint density at radius 3 is 2.80 bits per heavy atom. The quantitative estimate of drug-likeness (QED) is 0.623. The number of nitriles is 1. The molecule has 3 N–H and O–H groups in total. The minimum atomic E-state index is -3.45. The maximum atomic E-state index is 12.6. The van der Waals surface area contributed by atoms with Gasteiger partial charge in [0.1, 0.15) is 11.6 Å². The van der Waals surface area contributed by atoms with Crippen LogP contribution >= 0.6 is 0 Å². The molecule has 1 aromatic rings. The van der Waals surface area contributed by atoms with E-state index in [0.29, 0.717) is 12.3 Å². The number of aryl methyl sites for hydroxylation is 1. The molecule has 3 rings (SSSR count). The third kappa shape index (κ3) is 3.30. The van der Waals surface area contributed by atoms with Crippen molar-refractivity contribution in [3.8, 4) is 6.07 Å². The Bertz CT molecular complexity index is 917. The van der Waals surface area contributed by atoms with Crippen LogP contribution in [0.5, 0.6) is 0 Å². The van der Waals surface area contributed by atoms with Crippen LogP contribution in [-0.2, 0) is 14.8 Å². The first-order valence-electron chi connectivity index (χ1n) is 7.75. The maximum Gasteiger partial charge on any atom is 0.266 e. The van der Waals surface area contributed by atoms with Crippen LogP contribution in [0.3, 0.4) is 0 Å². The number of amides is 1. The largest absolute Gasteiger partial charge is 0.376 e. The number of aromatic nitrogens is 1. The van der Waals surface area contributed by atoms with E-state index in [9.17, 15) is 18.0 Å². The van der Waals surface area contributed by atoms with Gasteiger partial charge in [0.2, 0.25) is 10.0 Å². The van der Waals surface area contributed by atoms with Gasteiger partial charge in [-0.15, -0.1) is 0 Å². The monoisotopic (exact) mass is 366 g/mol. The smallest absolute Gasteiger partial charge is 0.266 e. The molecule has 10 heteroatoms. The van der Waals surface area contributed by atoms with Crippen LogP contribution in [0.2, 0.25) is 0 Å². The molecule has 1 amide bonds. The van der Waals surface area contributed by atoms with Gasteiger partial charge in [0.05, 0.1) is 30.0 Å². The van der Waals surface area contributed by atoms with Gasteiger partial charge >= 0.3 is 0 Å². The molecule has 1 saturated carbocycles. The summed E-state index contributed by atoms with van der Waals surface area (Å²) in [7, 11) is -3.45. The Morgan fingerprint density at radius 1 is 1.44 bits per heavy atom. The number of nitrogens with one attached hydrogen (secondary N) is 3. The summed E-state index contributed by atoms with van der Waals surface area (Å²) in [5.74, 6) is -0.442. The van der Waals surface area contributed by atoms with E-state index < -0.39 is 33.6 Å². The minimum Gasteiger partial charge on any atom is -0.376 e. The number of fused-ring (bicyclic) bond motifs is 1. The Labute approximate surface area is 144 Å². The normalized spacial score (nSPS) is 27.9. The van der Waals surface area contributed by atoms with E-state index in [1.54, 1.807) is 13.0 Å². The molecular weight excluding hydrogens is 348 g/mol. The van der Waals surface area contributed by atoms with Crippen molar-refractivity contribution in [3.63, 3.8) is 0 Å². The first-order chi connectivity index (χ1) is 11.7. The first kappa shape index (κ1) is 17.6. The van der Waals surface area contributed by atoms with E-state index in [0.717, 1.165) is 12.7 Å². The standard InChI is InChI=1S/C15H18N4O5S/c1-7-10(5-8(6-16)14(20)17-7)15(21)18-11-9-3-4-24-13(9)12(11)19-25(2,22)23/h5,9,11-13,19H,3-4H2,1-2H3,(H,17,20)(H,18,21)/t9-,11+,12-,13-/m1/s1. The van der Waals surface area contributed by atoms with E-state index in [1.165, 1.54) is 6.07 Å². The van der Waals surface area contributed by atoms with E-state index in [2.05, 4.69) is 15.0 Å². The molecule has 0 unspecified atom stereocenters. The predicted molar refractivity (Wildman–Crippen MR) is 87.4 cm³/mol. The van der Waals surface area contributed by atoms with Gasteiger partial charge in [0.15, 0.2) is 0 Å². The average Bonchev–Trinajstić information content (AvgIpc) is 2.94. The number of rotatable bonds is 4. The van der Waals surface area contributed by atoms with Crippen LogP contribution in [0.4, 0.5) is 0 Å². The second-order valence-corrected chi connectivity index (χ2v) is 8.15. The molecule has 2 fully saturated rings. The van der Waals surface area contributed by atoms with Crippen LogP contribution in [0.15, 0.2) is 10.9 Å². The van der Waals surface area contributed by atoms with Crippen LogP contribution in [0, 0.1) is 24.2 Å². The highest BCUT2D eigenvalue weighted by Crippen LogP contribution is 2.39. The van der Waals surface area contributed by atoms with Gasteiger partial charge in [-0.3, -0.25) is 9.59 Å². The number of hydrogen-bond donors (Lipinski definition) is 3. The zero-order chi connectivity index (χ0) is 18.4. The zero-order valence-electron chi connectivity index (χ0n) is 13.7. The molecule has 1 saturated heterocycles. The molecule has 4 atom stereocenters. The lowest BCUT2D eigenvalue weighted by atomic mass is 9.72. The predicted octanol–water partition coefficient (Wildman–Crippen LogP) is -1.01. The summed E-state index contributed by atoms with van der Waals surface area (Å²) in [5.41, 5.74) is -0.192. The van der Waals surface area contributed by atoms with Gasteiger partial charge in [-0.05, 0) is 19.4 Å². The van der Waals surface area contributed by atoms with E-state index in [4.69, 9.17) is 10.00 Å². The van der Waals surface area contributed by atoms with E-state index in [1.807, 2.05) is 0 Å². The van der Waals surface area contributed by atoms with Crippen molar-refractivity contribution in [1.29, 1.82) is 5.26 Å². The van der Waals surface area contributed by atoms with Crippen molar-refractivity contribution in [2.45, 2.75) is 31.5 Å². The Balaban J connectivity index is 1.82. The number of pyridine rings is 1. The van der Waals surface area contributed by atoms with Crippen molar-refractivity contribution in [2.75, 3.05) is 12.9 Å². The maximum absolute atomic E-state index is 12.6. The molecule has 25 heavy (non-hydrogen) atoms. The number of aromatic amines is 1. The number of nitrogens with zero attached hydrogens (tertiary/aromatic N) is 1. The lowest BCUT2D eigenvalue weighted by Crippen LogP contribution is -2.70. The second kappa shape index (κ2) is 6.25. The van der Waals surface area contributed by atoms with Gasteiger partial charge in [-0.1, -0.05) is 0 Å². The van der Waals surface area contributed by atoms with Crippen LogP contribution < -0.4 is 15.6 Å². The fraction of sp³-hybridized carbons (Fsp3) is 0.533. The molecule has 2 heterocycles.